The van der Waals surface area contributed by atoms with Crippen molar-refractivity contribution in [3.63, 3.8) is 0 Å². The molecule has 0 spiro atoms. The lowest BCUT2D eigenvalue weighted by molar-refractivity contribution is -0.0403. The molecule has 1 aliphatic heterocycles. The number of nitriles is 1. The maximum Gasteiger partial charge on any atom is 0.137 e. The lowest BCUT2D eigenvalue weighted by Crippen LogP contribution is -2.45. The van der Waals surface area contributed by atoms with Crippen LogP contribution in [0.4, 0.5) is 0 Å². The van der Waals surface area contributed by atoms with Gasteiger partial charge in [0.2, 0.25) is 0 Å². The lowest BCUT2D eigenvalue weighted by atomic mass is 10.2. The van der Waals surface area contributed by atoms with Crippen molar-refractivity contribution in [2.45, 2.75) is 26.5 Å². The molecule has 25 heavy (non-hydrogen) atoms. The highest BCUT2D eigenvalue weighted by atomic mass is 16.5. The summed E-state index contributed by atoms with van der Waals surface area (Å²) in [7, 11) is 0. The summed E-state index contributed by atoms with van der Waals surface area (Å²) in [6.45, 7) is 8.71. The summed E-state index contributed by atoms with van der Waals surface area (Å²) < 4.78 is 13.7. The van der Waals surface area contributed by atoms with Crippen LogP contribution < -0.4 is 4.74 Å². The smallest absolute Gasteiger partial charge is 0.137 e. The third kappa shape index (κ3) is 4.59. The lowest BCUT2D eigenvalue weighted by Gasteiger charge is -2.33. The second-order valence-corrected chi connectivity index (χ2v) is 6.36. The normalized spacial score (nSPS) is 18.0. The second kappa shape index (κ2) is 8.15. The third-order valence-electron chi connectivity index (χ3n) is 4.38. The summed E-state index contributed by atoms with van der Waals surface area (Å²) in [5, 5.41) is 13.6. The van der Waals surface area contributed by atoms with Gasteiger partial charge in [-0.25, -0.2) is 0 Å². The molecule has 1 aromatic heterocycles. The van der Waals surface area contributed by atoms with Gasteiger partial charge in [0, 0.05) is 25.3 Å². The first-order valence-corrected chi connectivity index (χ1v) is 8.62. The SMILES string of the molecule is Cc1cc(C)n(C[C@H]2CN(CCOc3ccccc3C#N)CCO2)n1. The van der Waals surface area contributed by atoms with Gasteiger partial charge in [-0.1, -0.05) is 12.1 Å². The topological polar surface area (TPSA) is 63.3 Å². The Morgan fingerprint density at radius 3 is 2.96 bits per heavy atom. The Kier molecular flexibility index (Phi) is 5.69. The molecule has 0 amide bonds. The van der Waals surface area contributed by atoms with Gasteiger partial charge in [-0.2, -0.15) is 10.4 Å². The maximum atomic E-state index is 9.10. The molecule has 1 atom stereocenters. The molecular weight excluding hydrogens is 316 g/mol. The Labute approximate surface area is 148 Å². The average Bonchev–Trinajstić information content (AvgIpc) is 2.93. The maximum absolute atomic E-state index is 9.10. The van der Waals surface area contributed by atoms with Crippen LogP contribution in [0.1, 0.15) is 17.0 Å². The number of hydrogen-bond donors (Lipinski definition) is 0. The summed E-state index contributed by atoms with van der Waals surface area (Å²) in [6.07, 6.45) is 0.137. The molecule has 2 aromatic rings. The van der Waals surface area contributed by atoms with E-state index >= 15 is 0 Å². The minimum absolute atomic E-state index is 0.137. The number of rotatable bonds is 6. The van der Waals surface area contributed by atoms with Crippen LogP contribution in [0.5, 0.6) is 5.75 Å². The van der Waals surface area contributed by atoms with E-state index in [0.29, 0.717) is 17.9 Å². The molecule has 1 aliphatic rings. The zero-order valence-corrected chi connectivity index (χ0v) is 14.8. The highest BCUT2D eigenvalue weighted by Crippen LogP contribution is 2.16. The van der Waals surface area contributed by atoms with Gasteiger partial charge < -0.3 is 9.47 Å². The first-order valence-electron chi connectivity index (χ1n) is 8.62. The molecule has 1 aromatic carbocycles. The Bertz CT molecular complexity index is 750. The van der Waals surface area contributed by atoms with Crippen LogP contribution in [0.2, 0.25) is 0 Å². The monoisotopic (exact) mass is 340 g/mol. The van der Waals surface area contributed by atoms with Gasteiger partial charge in [-0.15, -0.1) is 0 Å². The van der Waals surface area contributed by atoms with Crippen LogP contribution in [0.15, 0.2) is 30.3 Å². The van der Waals surface area contributed by atoms with Crippen molar-refractivity contribution >= 4 is 0 Å². The van der Waals surface area contributed by atoms with Crippen LogP contribution in [-0.2, 0) is 11.3 Å². The molecule has 6 nitrogen and oxygen atoms in total. The highest BCUT2D eigenvalue weighted by molar-refractivity contribution is 5.42. The van der Waals surface area contributed by atoms with Crippen molar-refractivity contribution in [1.82, 2.24) is 14.7 Å². The Morgan fingerprint density at radius 1 is 1.36 bits per heavy atom. The molecule has 132 valence electrons. The number of hydrogen-bond acceptors (Lipinski definition) is 5. The molecule has 1 saturated heterocycles. The molecule has 0 N–H and O–H groups in total. The number of nitrogens with zero attached hydrogens (tertiary/aromatic N) is 4. The van der Waals surface area contributed by atoms with E-state index in [1.165, 1.54) is 0 Å². The first-order chi connectivity index (χ1) is 12.2. The van der Waals surface area contributed by atoms with Gasteiger partial charge in [-0.3, -0.25) is 9.58 Å². The zero-order chi connectivity index (χ0) is 17.6. The van der Waals surface area contributed by atoms with Crippen molar-refractivity contribution in [3.8, 4) is 11.8 Å². The van der Waals surface area contributed by atoms with Crippen molar-refractivity contribution < 1.29 is 9.47 Å². The van der Waals surface area contributed by atoms with E-state index in [0.717, 1.165) is 44.2 Å². The van der Waals surface area contributed by atoms with E-state index in [2.05, 4.69) is 29.1 Å². The zero-order valence-electron chi connectivity index (χ0n) is 14.8. The third-order valence-corrected chi connectivity index (χ3v) is 4.38. The van der Waals surface area contributed by atoms with Crippen molar-refractivity contribution in [3.05, 3.63) is 47.3 Å². The van der Waals surface area contributed by atoms with Gasteiger partial charge in [0.25, 0.3) is 0 Å². The van der Waals surface area contributed by atoms with Crippen LogP contribution in [-0.4, -0.2) is 53.6 Å². The summed E-state index contributed by atoms with van der Waals surface area (Å²) >= 11 is 0. The summed E-state index contributed by atoms with van der Waals surface area (Å²) in [5.74, 6) is 0.650. The molecule has 1 fully saturated rings. The van der Waals surface area contributed by atoms with E-state index in [1.807, 2.05) is 29.8 Å². The molecular formula is C19H24N4O2. The number of aromatic nitrogens is 2. The molecule has 0 bridgehead atoms. The molecule has 3 rings (SSSR count). The predicted octanol–water partition coefficient (Wildman–Crippen LogP) is 2.15. The van der Waals surface area contributed by atoms with E-state index in [-0.39, 0.29) is 6.10 Å². The standard InChI is InChI=1S/C19H24N4O2/c1-15-11-16(2)23(21-15)14-18-13-22(7-9-24-18)8-10-25-19-6-4-3-5-17(19)12-20/h3-6,11,18H,7-10,13-14H2,1-2H3/t18-/m1/s1. The summed E-state index contributed by atoms with van der Waals surface area (Å²) in [5.41, 5.74) is 2.77. The number of benzene rings is 1. The predicted molar refractivity (Wildman–Crippen MR) is 94.5 cm³/mol. The van der Waals surface area contributed by atoms with Gasteiger partial charge in [0.05, 0.1) is 30.5 Å². The van der Waals surface area contributed by atoms with Gasteiger partial charge in [0.1, 0.15) is 18.4 Å². The summed E-state index contributed by atoms with van der Waals surface area (Å²) in [4.78, 5) is 2.34. The minimum Gasteiger partial charge on any atom is -0.491 e. The van der Waals surface area contributed by atoms with Gasteiger partial charge in [-0.05, 0) is 32.0 Å². The van der Waals surface area contributed by atoms with Crippen molar-refractivity contribution in [2.24, 2.45) is 0 Å². The number of aryl methyl sites for hydroxylation is 2. The Balaban J connectivity index is 1.49. The highest BCUT2D eigenvalue weighted by Gasteiger charge is 2.21. The minimum atomic E-state index is 0.137. The Hall–Kier alpha value is -2.36. The fourth-order valence-electron chi connectivity index (χ4n) is 3.12. The van der Waals surface area contributed by atoms with Crippen molar-refractivity contribution in [1.29, 1.82) is 5.26 Å². The largest absolute Gasteiger partial charge is 0.491 e. The number of morpholine rings is 1. The van der Waals surface area contributed by atoms with Gasteiger partial charge >= 0.3 is 0 Å². The van der Waals surface area contributed by atoms with Crippen LogP contribution in [0.25, 0.3) is 0 Å². The van der Waals surface area contributed by atoms with E-state index in [1.54, 1.807) is 6.07 Å². The van der Waals surface area contributed by atoms with E-state index < -0.39 is 0 Å². The molecule has 0 saturated carbocycles. The molecule has 6 heteroatoms. The summed E-state index contributed by atoms with van der Waals surface area (Å²) in [6, 6.07) is 11.6. The van der Waals surface area contributed by atoms with E-state index in [4.69, 9.17) is 14.7 Å². The fraction of sp³-hybridized carbons (Fsp3) is 0.474. The van der Waals surface area contributed by atoms with Crippen molar-refractivity contribution in [2.75, 3.05) is 32.8 Å². The molecule has 0 unspecified atom stereocenters. The Morgan fingerprint density at radius 2 is 2.20 bits per heavy atom. The quantitative estimate of drug-likeness (QED) is 0.806. The second-order valence-electron chi connectivity index (χ2n) is 6.36. The fourth-order valence-corrected chi connectivity index (χ4v) is 3.12. The van der Waals surface area contributed by atoms with Gasteiger partial charge in [0.15, 0.2) is 0 Å². The number of ether oxygens (including phenoxy) is 2. The van der Waals surface area contributed by atoms with Crippen LogP contribution in [0.3, 0.4) is 0 Å². The molecule has 0 radical (unpaired) electrons. The van der Waals surface area contributed by atoms with E-state index in [9.17, 15) is 0 Å². The van der Waals surface area contributed by atoms with Crippen LogP contribution in [0, 0.1) is 25.2 Å². The average molecular weight is 340 g/mol. The first kappa shape index (κ1) is 17.5. The molecule has 0 aliphatic carbocycles. The van der Waals surface area contributed by atoms with Crippen LogP contribution >= 0.6 is 0 Å². The molecule has 2 heterocycles. The number of para-hydroxylation sites is 1.